The van der Waals surface area contributed by atoms with Crippen LogP contribution in [0.1, 0.15) is 53.0 Å². The van der Waals surface area contributed by atoms with Gasteiger partial charge in [-0.05, 0) is 43.2 Å². The van der Waals surface area contributed by atoms with E-state index in [-0.39, 0.29) is 29.7 Å². The maximum atomic E-state index is 13.5. The number of nitrogens with zero attached hydrogens (tertiary/aromatic N) is 5. The third kappa shape index (κ3) is 3.47. The molecule has 0 spiro atoms. The number of nitriles is 1. The van der Waals surface area contributed by atoms with E-state index in [0.717, 1.165) is 16.9 Å². The minimum atomic E-state index is -3.06. The van der Waals surface area contributed by atoms with Crippen LogP contribution in [0, 0.1) is 17.2 Å². The average Bonchev–Trinajstić information content (AvgIpc) is 3.37. The molecule has 1 N–H and O–H groups in total. The van der Waals surface area contributed by atoms with Gasteiger partial charge >= 0.3 is 6.61 Å². The van der Waals surface area contributed by atoms with E-state index in [1.807, 2.05) is 24.3 Å². The summed E-state index contributed by atoms with van der Waals surface area (Å²) in [5.41, 5.74) is 3.42. The molecule has 10 heteroatoms. The number of hydrogen-bond donors (Lipinski definition) is 1. The molecule has 4 aromatic rings. The number of rotatable bonds is 5. The van der Waals surface area contributed by atoms with E-state index >= 15 is 0 Å². The monoisotopic (exact) mass is 486 g/mol. The van der Waals surface area contributed by atoms with E-state index in [1.165, 1.54) is 24.5 Å². The molecule has 0 aliphatic carbocycles. The number of halogens is 2. The van der Waals surface area contributed by atoms with Crippen molar-refractivity contribution in [2.75, 3.05) is 0 Å². The fourth-order valence-corrected chi connectivity index (χ4v) is 5.22. The van der Waals surface area contributed by atoms with Crippen LogP contribution in [0.3, 0.4) is 0 Å². The van der Waals surface area contributed by atoms with Crippen molar-refractivity contribution in [1.29, 1.82) is 5.26 Å². The summed E-state index contributed by atoms with van der Waals surface area (Å²) >= 11 is 0. The Morgan fingerprint density at radius 2 is 2.00 bits per heavy atom. The molecule has 0 radical (unpaired) electrons. The van der Waals surface area contributed by atoms with E-state index in [2.05, 4.69) is 25.9 Å². The Morgan fingerprint density at radius 1 is 1.22 bits per heavy atom. The molecular weight excluding hydrogens is 466 g/mol. The standard InChI is InChI=1S/C26H20F2N6O2/c1-13(10-29)8-21-30-11-14(12-31-21)22-20(36-26(27)28)7-6-15-23(22)19-9-17(33-25(15)35)24-32-16-4-2-3-5-18(16)34(19)24/h2-7,11-13,17,19,26H,8-9H2,1H3,(H,33,35)/t13?,17-,19-/m1/s1. The first-order valence-corrected chi connectivity index (χ1v) is 11.5. The number of carbonyl (C=O) groups excluding carboxylic acids is 1. The minimum absolute atomic E-state index is 0.0605. The normalized spacial score (nSPS) is 18.8. The van der Waals surface area contributed by atoms with Gasteiger partial charge in [-0.25, -0.2) is 15.0 Å². The van der Waals surface area contributed by atoms with Crippen LogP contribution in [-0.4, -0.2) is 32.0 Å². The Kier molecular flexibility index (Phi) is 5.14. The van der Waals surface area contributed by atoms with Crippen molar-refractivity contribution in [2.24, 2.45) is 5.92 Å². The van der Waals surface area contributed by atoms with Crippen molar-refractivity contribution in [3.63, 3.8) is 0 Å². The summed E-state index contributed by atoms with van der Waals surface area (Å²) < 4.78 is 33.9. The molecule has 1 amide bonds. The molecule has 0 fully saturated rings. The quantitative estimate of drug-likeness (QED) is 0.443. The van der Waals surface area contributed by atoms with E-state index in [1.54, 1.807) is 6.92 Å². The van der Waals surface area contributed by atoms with E-state index < -0.39 is 6.61 Å². The summed E-state index contributed by atoms with van der Waals surface area (Å²) in [5, 5.41) is 12.1. The van der Waals surface area contributed by atoms with Crippen LogP contribution in [0.4, 0.5) is 8.78 Å². The van der Waals surface area contributed by atoms with Crippen LogP contribution >= 0.6 is 0 Å². The zero-order valence-corrected chi connectivity index (χ0v) is 19.2. The van der Waals surface area contributed by atoms with Crippen LogP contribution in [0.15, 0.2) is 48.8 Å². The molecule has 4 heterocycles. The Bertz CT molecular complexity index is 1540. The van der Waals surface area contributed by atoms with Crippen molar-refractivity contribution in [1.82, 2.24) is 24.8 Å². The zero-order valence-electron chi connectivity index (χ0n) is 19.2. The highest BCUT2D eigenvalue weighted by atomic mass is 19.3. The molecule has 0 saturated heterocycles. The lowest BCUT2D eigenvalue weighted by atomic mass is 9.90. The summed E-state index contributed by atoms with van der Waals surface area (Å²) in [7, 11) is 0. The SMILES string of the molecule is CC(C#N)Cc1ncc(-c2c(OC(F)F)ccc3c2[C@H]2C[C@@H](NC3=O)c3nc4ccccc4n32)cn1. The summed E-state index contributed by atoms with van der Waals surface area (Å²) in [6, 6.07) is 12.1. The highest BCUT2D eigenvalue weighted by Gasteiger charge is 2.42. The second-order valence-electron chi connectivity index (χ2n) is 9.01. The van der Waals surface area contributed by atoms with Crippen LogP contribution in [0.25, 0.3) is 22.2 Å². The fourth-order valence-electron chi connectivity index (χ4n) is 5.22. The molecule has 36 heavy (non-hydrogen) atoms. The first-order valence-electron chi connectivity index (χ1n) is 11.5. The fraction of sp³-hybridized carbons (Fsp3) is 0.269. The topological polar surface area (TPSA) is 106 Å². The lowest BCUT2D eigenvalue weighted by Crippen LogP contribution is -2.28. The maximum absolute atomic E-state index is 13.5. The number of carbonyl (C=O) groups is 1. The lowest BCUT2D eigenvalue weighted by molar-refractivity contribution is -0.0495. The van der Waals surface area contributed by atoms with Crippen LogP contribution in [-0.2, 0) is 6.42 Å². The highest BCUT2D eigenvalue weighted by Crippen LogP contribution is 2.49. The molecule has 2 bridgehead atoms. The van der Waals surface area contributed by atoms with E-state index in [4.69, 9.17) is 15.0 Å². The number of hydrogen-bond acceptors (Lipinski definition) is 6. The van der Waals surface area contributed by atoms with Gasteiger partial charge in [-0.1, -0.05) is 12.1 Å². The molecular formula is C26H20F2N6O2. The Labute approximate surface area is 204 Å². The third-order valence-corrected chi connectivity index (χ3v) is 6.72. The number of aromatic nitrogens is 4. The predicted molar refractivity (Wildman–Crippen MR) is 125 cm³/mol. The van der Waals surface area contributed by atoms with Crippen molar-refractivity contribution in [3.8, 4) is 22.9 Å². The number of nitrogens with one attached hydrogen (secondary N) is 1. The predicted octanol–water partition coefficient (Wildman–Crippen LogP) is 4.57. The summed E-state index contributed by atoms with van der Waals surface area (Å²) in [5.74, 6) is 0.556. The molecule has 2 aliphatic rings. The van der Waals surface area contributed by atoms with Crippen LogP contribution in [0.2, 0.25) is 0 Å². The molecule has 6 rings (SSSR count). The largest absolute Gasteiger partial charge is 0.434 e. The van der Waals surface area contributed by atoms with Gasteiger partial charge in [0.15, 0.2) is 0 Å². The number of imidazole rings is 1. The molecule has 180 valence electrons. The maximum Gasteiger partial charge on any atom is 0.387 e. The van der Waals surface area contributed by atoms with Gasteiger partial charge < -0.3 is 14.6 Å². The van der Waals surface area contributed by atoms with Crippen LogP contribution in [0.5, 0.6) is 5.75 Å². The van der Waals surface area contributed by atoms with E-state index in [9.17, 15) is 13.6 Å². The van der Waals surface area contributed by atoms with Gasteiger partial charge in [-0.15, -0.1) is 0 Å². The van der Waals surface area contributed by atoms with Gasteiger partial charge in [0.1, 0.15) is 17.4 Å². The molecule has 3 atom stereocenters. The number of para-hydroxylation sites is 2. The number of amides is 1. The Hall–Kier alpha value is -4.39. The van der Waals surface area contributed by atoms with Crippen LogP contribution < -0.4 is 10.1 Å². The van der Waals surface area contributed by atoms with Gasteiger partial charge in [0.05, 0.1) is 35.1 Å². The van der Waals surface area contributed by atoms with Crippen molar-refractivity contribution < 1.29 is 18.3 Å². The third-order valence-electron chi connectivity index (χ3n) is 6.72. The van der Waals surface area contributed by atoms with Gasteiger partial charge in [-0.2, -0.15) is 14.0 Å². The molecule has 2 aliphatic heterocycles. The number of benzene rings is 2. The van der Waals surface area contributed by atoms with Crippen molar-refractivity contribution >= 4 is 16.9 Å². The van der Waals surface area contributed by atoms with Crippen molar-refractivity contribution in [2.45, 2.75) is 38.5 Å². The summed E-state index contributed by atoms with van der Waals surface area (Å²) in [4.78, 5) is 26.7. The van der Waals surface area contributed by atoms with E-state index in [0.29, 0.717) is 40.9 Å². The molecule has 1 unspecified atom stereocenters. The molecule has 0 saturated carbocycles. The second kappa shape index (κ2) is 8.37. The molecule has 2 aromatic carbocycles. The van der Waals surface area contributed by atoms with Gasteiger partial charge in [0.2, 0.25) is 0 Å². The van der Waals surface area contributed by atoms with Gasteiger partial charge in [0, 0.05) is 35.5 Å². The first-order chi connectivity index (χ1) is 17.4. The minimum Gasteiger partial charge on any atom is -0.434 e. The molecule has 8 nitrogen and oxygen atoms in total. The van der Waals surface area contributed by atoms with Crippen molar-refractivity contribution in [3.05, 3.63) is 71.6 Å². The number of ether oxygens (including phenoxy) is 1. The average molecular weight is 486 g/mol. The second-order valence-corrected chi connectivity index (χ2v) is 9.01. The lowest BCUT2D eigenvalue weighted by Gasteiger charge is -2.23. The number of alkyl halides is 2. The summed E-state index contributed by atoms with van der Waals surface area (Å²) in [6.07, 6.45) is 3.95. The number of fused-ring (bicyclic) bond motifs is 9. The Balaban J connectivity index is 1.58. The highest BCUT2D eigenvalue weighted by molar-refractivity contribution is 6.00. The zero-order chi connectivity index (χ0) is 25.0. The smallest absolute Gasteiger partial charge is 0.387 e. The van der Waals surface area contributed by atoms with Gasteiger partial charge in [0.25, 0.3) is 5.91 Å². The molecule has 2 aromatic heterocycles. The first kappa shape index (κ1) is 22.1. The summed E-state index contributed by atoms with van der Waals surface area (Å²) in [6.45, 7) is -1.29. The Morgan fingerprint density at radius 3 is 2.75 bits per heavy atom. The van der Waals surface area contributed by atoms with Gasteiger partial charge in [-0.3, -0.25) is 4.79 Å².